The van der Waals surface area contributed by atoms with Crippen molar-refractivity contribution in [2.75, 3.05) is 40.9 Å². The lowest BCUT2D eigenvalue weighted by atomic mass is 10.0. The third kappa shape index (κ3) is 64.9. The highest BCUT2D eigenvalue weighted by molar-refractivity contribution is 7.45. The molecule has 2 N–H and O–H groups in total. The second kappa shape index (κ2) is 62.0. The summed E-state index contributed by atoms with van der Waals surface area (Å²) in [5.41, 5.74) is 0. The van der Waals surface area contributed by atoms with Gasteiger partial charge in [-0.3, -0.25) is 9.36 Å². The van der Waals surface area contributed by atoms with Gasteiger partial charge in [0.25, 0.3) is 7.82 Å². The number of unbranched alkanes of at least 4 members (excludes halogenated alkanes) is 55. The van der Waals surface area contributed by atoms with Gasteiger partial charge in [-0.05, 0) is 12.8 Å². The molecule has 0 aliphatic carbocycles. The number of phosphoric ester groups is 1. The molecule has 0 fully saturated rings. The normalized spacial score (nSPS) is 13.6. The number of rotatable bonds is 68. The Morgan fingerprint density at radius 2 is 0.620 bits per heavy atom. The molecule has 3 unspecified atom stereocenters. The number of likely N-dealkylation sites (N-methyl/N-ethyl adjacent to an activating group) is 1. The van der Waals surface area contributed by atoms with Gasteiger partial charge in [0.2, 0.25) is 5.91 Å². The van der Waals surface area contributed by atoms with Crippen LogP contribution >= 0.6 is 7.82 Å². The van der Waals surface area contributed by atoms with E-state index in [0.717, 1.165) is 38.5 Å². The summed E-state index contributed by atoms with van der Waals surface area (Å²) in [6, 6.07) is -0.797. The summed E-state index contributed by atoms with van der Waals surface area (Å²) in [5.74, 6) is -0.153. The lowest BCUT2D eigenvalue weighted by Crippen LogP contribution is -2.46. The first kappa shape index (κ1) is 78.5. The molecule has 0 aromatic rings. The predicted molar refractivity (Wildman–Crippen MR) is 344 cm³/mol. The number of quaternary nitrogens is 1. The average molecular weight is 1140 g/mol. The second-order valence-electron chi connectivity index (χ2n) is 26.3. The van der Waals surface area contributed by atoms with Gasteiger partial charge < -0.3 is 28.8 Å². The van der Waals surface area contributed by atoms with E-state index in [1.165, 1.54) is 327 Å². The number of phosphoric acid groups is 1. The molecule has 0 saturated carbocycles. The maximum atomic E-state index is 13.1. The molecule has 0 aliphatic rings. The van der Waals surface area contributed by atoms with Gasteiger partial charge in [-0.25, -0.2) is 0 Å². The molecular weight excluding hydrogens is 996 g/mol. The van der Waals surface area contributed by atoms with Crippen LogP contribution in [0.15, 0.2) is 0 Å². The Morgan fingerprint density at radius 3 is 0.861 bits per heavy atom. The Balaban J connectivity index is 3.96. The Labute approximate surface area is 495 Å². The van der Waals surface area contributed by atoms with Crippen LogP contribution in [0.4, 0.5) is 0 Å². The lowest BCUT2D eigenvalue weighted by molar-refractivity contribution is -0.870. The van der Waals surface area contributed by atoms with E-state index in [1.807, 2.05) is 21.1 Å². The van der Waals surface area contributed by atoms with Crippen LogP contribution in [0.5, 0.6) is 0 Å². The fraction of sp³-hybridized carbons (Fsp3) is 0.986. The summed E-state index contributed by atoms with van der Waals surface area (Å²) >= 11 is 0. The van der Waals surface area contributed by atoms with Gasteiger partial charge in [0.1, 0.15) is 13.2 Å². The van der Waals surface area contributed by atoms with Gasteiger partial charge in [-0.1, -0.05) is 373 Å². The van der Waals surface area contributed by atoms with E-state index in [-0.39, 0.29) is 19.1 Å². The van der Waals surface area contributed by atoms with Gasteiger partial charge >= 0.3 is 0 Å². The van der Waals surface area contributed by atoms with Gasteiger partial charge in [-0.15, -0.1) is 0 Å². The Kier molecular flexibility index (Phi) is 61.7. The van der Waals surface area contributed by atoms with E-state index in [0.29, 0.717) is 23.9 Å². The zero-order valence-corrected chi connectivity index (χ0v) is 55.3. The highest BCUT2D eigenvalue weighted by atomic mass is 31.2. The molecule has 0 bridgehead atoms. The number of carbonyl (C=O) groups is 1. The molecule has 0 rings (SSSR count). The van der Waals surface area contributed by atoms with Crippen molar-refractivity contribution in [2.24, 2.45) is 0 Å². The minimum atomic E-state index is -4.58. The van der Waals surface area contributed by atoms with Crippen molar-refractivity contribution in [1.29, 1.82) is 0 Å². The highest BCUT2D eigenvalue weighted by Gasteiger charge is 2.24. The molecule has 0 aromatic heterocycles. The van der Waals surface area contributed by atoms with Crippen molar-refractivity contribution < 1.29 is 32.9 Å². The van der Waals surface area contributed by atoms with Crippen molar-refractivity contribution in [3.05, 3.63) is 0 Å². The molecule has 9 heteroatoms. The molecule has 0 heterocycles. The number of nitrogens with one attached hydrogen (secondary N) is 1. The molecule has 1 amide bonds. The van der Waals surface area contributed by atoms with Gasteiger partial charge in [0, 0.05) is 6.42 Å². The van der Waals surface area contributed by atoms with Crippen molar-refractivity contribution in [1.82, 2.24) is 5.32 Å². The van der Waals surface area contributed by atoms with Crippen LogP contribution in [0.3, 0.4) is 0 Å². The minimum Gasteiger partial charge on any atom is -0.756 e. The number of aliphatic hydroxyl groups excluding tert-OH is 1. The molecule has 8 nitrogen and oxygen atoms in total. The van der Waals surface area contributed by atoms with Crippen molar-refractivity contribution in [2.45, 2.75) is 405 Å². The monoisotopic (exact) mass is 1140 g/mol. The summed E-state index contributed by atoms with van der Waals surface area (Å²) in [6.07, 6.45) is 77.6. The van der Waals surface area contributed by atoms with E-state index in [1.54, 1.807) is 0 Å². The quantitative estimate of drug-likeness (QED) is 0.0357. The van der Waals surface area contributed by atoms with Crippen LogP contribution in [0.25, 0.3) is 0 Å². The number of nitrogens with zero attached hydrogens (tertiary/aromatic N) is 1. The van der Waals surface area contributed by atoms with Crippen LogP contribution in [0, 0.1) is 0 Å². The lowest BCUT2D eigenvalue weighted by Gasteiger charge is -2.30. The molecule has 0 radical (unpaired) electrons. The zero-order chi connectivity index (χ0) is 57.7. The number of hydrogen-bond donors (Lipinski definition) is 2. The smallest absolute Gasteiger partial charge is 0.268 e. The first-order valence-electron chi connectivity index (χ1n) is 35.9. The van der Waals surface area contributed by atoms with E-state index < -0.39 is 20.0 Å². The molecule has 474 valence electrons. The number of carbonyl (C=O) groups excluding carboxylic acids is 1. The Bertz CT molecular complexity index is 1250. The maximum Gasteiger partial charge on any atom is 0.268 e. The van der Waals surface area contributed by atoms with Gasteiger partial charge in [-0.2, -0.15) is 0 Å². The summed E-state index contributed by atoms with van der Waals surface area (Å²) in [5, 5.41) is 14.1. The fourth-order valence-electron chi connectivity index (χ4n) is 11.5. The van der Waals surface area contributed by atoms with E-state index in [2.05, 4.69) is 19.2 Å². The number of amides is 1. The topological polar surface area (TPSA) is 108 Å². The van der Waals surface area contributed by atoms with Crippen LogP contribution in [-0.4, -0.2) is 68.5 Å². The van der Waals surface area contributed by atoms with Crippen molar-refractivity contribution >= 4 is 13.7 Å². The first-order valence-corrected chi connectivity index (χ1v) is 37.3. The second-order valence-corrected chi connectivity index (χ2v) is 27.7. The number of hydrogen-bond acceptors (Lipinski definition) is 6. The minimum absolute atomic E-state index is 0.0170. The molecule has 0 spiro atoms. The summed E-state index contributed by atoms with van der Waals surface area (Å²) < 4.78 is 23.5. The average Bonchev–Trinajstić information content (AvgIpc) is 3.42. The number of aliphatic hydroxyl groups is 1. The van der Waals surface area contributed by atoms with E-state index in [9.17, 15) is 19.4 Å². The maximum absolute atomic E-state index is 13.1. The van der Waals surface area contributed by atoms with Crippen LogP contribution in [-0.2, 0) is 18.4 Å². The SMILES string of the molecule is CCCCCCCCCCCCCCCCCCCCCCCCCCCCCCCCCCC(=O)NC(COP(=O)([O-])OCC[N+](C)(C)C)C(O)CCCCCCCCCCCCCCCCCCCCCCCCCCC. The molecule has 3 atom stereocenters. The molecule has 0 saturated heterocycles. The van der Waals surface area contributed by atoms with Gasteiger partial charge in [0.15, 0.2) is 0 Å². The van der Waals surface area contributed by atoms with Crippen LogP contribution in [0.2, 0.25) is 0 Å². The largest absolute Gasteiger partial charge is 0.756 e. The Hall–Kier alpha value is -0.500. The van der Waals surface area contributed by atoms with E-state index >= 15 is 0 Å². The Morgan fingerprint density at radius 1 is 0.392 bits per heavy atom. The summed E-state index contributed by atoms with van der Waals surface area (Å²) in [6.45, 7) is 4.80. The summed E-state index contributed by atoms with van der Waals surface area (Å²) in [4.78, 5) is 25.7. The molecule has 0 aliphatic heterocycles. The third-order valence-electron chi connectivity index (χ3n) is 17.1. The van der Waals surface area contributed by atoms with Crippen LogP contribution in [0.1, 0.15) is 393 Å². The third-order valence-corrected chi connectivity index (χ3v) is 18.1. The first-order chi connectivity index (χ1) is 38.5. The standard InChI is InChI=1S/C70H143N2O6P/c1-6-8-10-12-14-16-18-20-22-24-26-28-30-32-33-34-35-36-37-38-40-42-44-46-48-50-52-54-56-58-60-62-64-70(74)71-68(67-78-79(75,76)77-66-65-72(3,4)5)69(73)63-61-59-57-55-53-51-49-47-45-43-41-39-31-29-27-25-23-21-19-17-15-13-11-9-7-2/h68-69,73H,6-67H2,1-5H3,(H-,71,74,75,76). The van der Waals surface area contributed by atoms with Gasteiger partial charge in [0.05, 0.1) is 39.9 Å². The van der Waals surface area contributed by atoms with Crippen molar-refractivity contribution in [3.8, 4) is 0 Å². The predicted octanol–water partition coefficient (Wildman–Crippen LogP) is 22.1. The highest BCUT2D eigenvalue weighted by Crippen LogP contribution is 2.38. The fourth-order valence-corrected chi connectivity index (χ4v) is 12.2. The zero-order valence-electron chi connectivity index (χ0n) is 54.4. The molecule has 79 heavy (non-hydrogen) atoms. The summed E-state index contributed by atoms with van der Waals surface area (Å²) in [7, 11) is 1.33. The molecule has 0 aromatic carbocycles. The van der Waals surface area contributed by atoms with Crippen LogP contribution < -0.4 is 10.2 Å². The van der Waals surface area contributed by atoms with E-state index in [4.69, 9.17) is 9.05 Å². The molecular formula is C70H143N2O6P. The van der Waals surface area contributed by atoms with Crippen molar-refractivity contribution in [3.63, 3.8) is 0 Å².